The third-order valence-corrected chi connectivity index (χ3v) is 5.70. The number of hydrogen-bond acceptors (Lipinski definition) is 4. The summed E-state index contributed by atoms with van der Waals surface area (Å²) in [5.74, 6) is 1.06. The summed E-state index contributed by atoms with van der Waals surface area (Å²) < 4.78 is 1.27. The lowest BCUT2D eigenvalue weighted by Gasteiger charge is -2.38. The highest BCUT2D eigenvalue weighted by atomic mass is 32.1. The highest BCUT2D eigenvalue weighted by Gasteiger charge is 2.37. The summed E-state index contributed by atoms with van der Waals surface area (Å²) in [5, 5.41) is 13.1. The maximum absolute atomic E-state index is 9.81. The molecule has 0 atom stereocenters. The molecule has 1 aliphatic heterocycles. The second-order valence-corrected chi connectivity index (χ2v) is 6.96. The lowest BCUT2D eigenvalue weighted by Crippen LogP contribution is -2.42. The zero-order valence-corrected chi connectivity index (χ0v) is 13.6. The number of rotatable bonds is 2. The minimum absolute atomic E-state index is 0.361. The zero-order valence-electron chi connectivity index (χ0n) is 12.8. The average molecular weight is 319 g/mol. The van der Waals surface area contributed by atoms with Crippen LogP contribution in [-0.4, -0.2) is 18.1 Å². The smallest absolute Gasteiger partial charge is 0.137 e. The van der Waals surface area contributed by atoms with Crippen LogP contribution < -0.4 is 4.90 Å². The molecule has 1 saturated heterocycles. The third-order valence-electron chi connectivity index (χ3n) is 4.82. The fourth-order valence-electron chi connectivity index (χ4n) is 3.45. The van der Waals surface area contributed by atoms with Crippen molar-refractivity contribution in [2.75, 3.05) is 18.0 Å². The van der Waals surface area contributed by atoms with E-state index in [4.69, 9.17) is 0 Å². The Kier molecular flexibility index (Phi) is 3.51. The van der Waals surface area contributed by atoms with E-state index in [1.807, 2.05) is 24.4 Å². The van der Waals surface area contributed by atoms with Gasteiger partial charge in [-0.2, -0.15) is 5.26 Å². The topological polar surface area (TPSA) is 39.9 Å². The molecular formula is C19H17N3S. The van der Waals surface area contributed by atoms with Gasteiger partial charge in [0.15, 0.2) is 0 Å². The lowest BCUT2D eigenvalue weighted by molar-refractivity contribution is 0.415. The van der Waals surface area contributed by atoms with E-state index in [0.717, 1.165) is 37.3 Å². The van der Waals surface area contributed by atoms with Crippen molar-refractivity contribution in [3.63, 3.8) is 0 Å². The third kappa shape index (κ3) is 2.38. The Balaban J connectivity index is 1.62. The Hall–Kier alpha value is -2.38. The van der Waals surface area contributed by atoms with E-state index in [2.05, 4.69) is 45.6 Å². The maximum Gasteiger partial charge on any atom is 0.137 e. The van der Waals surface area contributed by atoms with Gasteiger partial charge in [-0.05, 0) is 35.9 Å². The molecule has 4 rings (SSSR count). The number of pyridine rings is 1. The van der Waals surface area contributed by atoms with Gasteiger partial charge in [-0.15, -0.1) is 11.3 Å². The van der Waals surface area contributed by atoms with Crippen molar-refractivity contribution in [2.24, 2.45) is 0 Å². The number of benzene rings is 1. The fourth-order valence-corrected chi connectivity index (χ4v) is 4.23. The van der Waals surface area contributed by atoms with Crippen LogP contribution in [0.2, 0.25) is 0 Å². The molecule has 1 aliphatic rings. The molecule has 3 aromatic rings. The normalized spacial score (nSPS) is 17.1. The maximum atomic E-state index is 9.81. The Morgan fingerprint density at radius 2 is 1.87 bits per heavy atom. The van der Waals surface area contributed by atoms with Crippen LogP contribution in [0.4, 0.5) is 5.82 Å². The monoisotopic (exact) mass is 319 g/mol. The second kappa shape index (κ2) is 5.68. The fraction of sp³-hybridized carbons (Fsp3) is 0.263. The number of thiophene rings is 1. The molecule has 0 spiro atoms. The number of anilines is 1. The summed E-state index contributed by atoms with van der Waals surface area (Å²) in [6.45, 7) is 1.73. The number of nitrogens with zero attached hydrogens (tertiary/aromatic N) is 3. The Labute approximate surface area is 139 Å². The van der Waals surface area contributed by atoms with Gasteiger partial charge >= 0.3 is 0 Å². The molecule has 0 aliphatic carbocycles. The summed E-state index contributed by atoms with van der Waals surface area (Å²) in [7, 11) is 0. The standard InChI is InChI=1S/C19H17N3S/c20-14-19(15-4-2-1-3-5-15)8-11-22(12-9-19)18-16-7-13-23-17(16)6-10-21-18/h1-7,10,13H,8-9,11-12H2. The first-order valence-corrected chi connectivity index (χ1v) is 8.74. The molecule has 0 bridgehead atoms. The van der Waals surface area contributed by atoms with Crippen molar-refractivity contribution in [2.45, 2.75) is 18.3 Å². The predicted octanol–water partition coefficient (Wildman–Crippen LogP) is 4.36. The van der Waals surface area contributed by atoms with Crippen molar-refractivity contribution in [3.8, 4) is 6.07 Å². The van der Waals surface area contributed by atoms with Crippen LogP contribution in [0.5, 0.6) is 0 Å². The Bertz CT molecular complexity index is 855. The van der Waals surface area contributed by atoms with Crippen molar-refractivity contribution < 1.29 is 0 Å². The van der Waals surface area contributed by atoms with Gasteiger partial charge < -0.3 is 4.90 Å². The van der Waals surface area contributed by atoms with Crippen LogP contribution in [0, 0.1) is 11.3 Å². The van der Waals surface area contributed by atoms with E-state index in [9.17, 15) is 5.26 Å². The minimum atomic E-state index is -0.361. The van der Waals surface area contributed by atoms with Gasteiger partial charge in [-0.1, -0.05) is 30.3 Å². The zero-order chi connectivity index (χ0) is 15.7. The summed E-state index contributed by atoms with van der Waals surface area (Å²) >= 11 is 1.75. The highest BCUT2D eigenvalue weighted by molar-refractivity contribution is 7.17. The van der Waals surface area contributed by atoms with Crippen molar-refractivity contribution >= 4 is 27.2 Å². The van der Waals surface area contributed by atoms with E-state index in [-0.39, 0.29) is 5.41 Å². The van der Waals surface area contributed by atoms with Gasteiger partial charge in [0.25, 0.3) is 0 Å². The van der Waals surface area contributed by atoms with Crippen molar-refractivity contribution in [1.29, 1.82) is 5.26 Å². The minimum Gasteiger partial charge on any atom is -0.356 e. The molecule has 1 aromatic carbocycles. The molecule has 3 heterocycles. The van der Waals surface area contributed by atoms with Crippen LogP contribution in [0.25, 0.3) is 10.1 Å². The second-order valence-electron chi connectivity index (χ2n) is 6.01. The SMILES string of the molecule is N#CC1(c2ccccc2)CCN(c2nccc3sccc23)CC1. The largest absolute Gasteiger partial charge is 0.356 e. The van der Waals surface area contributed by atoms with Gasteiger partial charge in [-0.3, -0.25) is 0 Å². The number of piperidine rings is 1. The summed E-state index contributed by atoms with van der Waals surface area (Å²) in [4.78, 5) is 6.93. The molecule has 1 fully saturated rings. The molecule has 0 radical (unpaired) electrons. The van der Waals surface area contributed by atoms with E-state index < -0.39 is 0 Å². The summed E-state index contributed by atoms with van der Waals surface area (Å²) in [6.07, 6.45) is 3.57. The molecule has 0 unspecified atom stereocenters. The van der Waals surface area contributed by atoms with Crippen molar-refractivity contribution in [1.82, 2.24) is 4.98 Å². The number of fused-ring (bicyclic) bond motifs is 1. The first-order chi connectivity index (χ1) is 11.3. The molecule has 114 valence electrons. The van der Waals surface area contributed by atoms with E-state index in [1.165, 1.54) is 10.1 Å². The molecule has 0 saturated carbocycles. The molecule has 0 N–H and O–H groups in total. The molecular weight excluding hydrogens is 302 g/mol. The Morgan fingerprint density at radius 3 is 2.61 bits per heavy atom. The summed E-state index contributed by atoms with van der Waals surface area (Å²) in [6, 6.07) is 17.0. The molecule has 3 nitrogen and oxygen atoms in total. The van der Waals surface area contributed by atoms with Gasteiger partial charge in [-0.25, -0.2) is 4.98 Å². The number of hydrogen-bond donors (Lipinski definition) is 0. The first-order valence-electron chi connectivity index (χ1n) is 7.86. The average Bonchev–Trinajstić information content (AvgIpc) is 3.11. The van der Waals surface area contributed by atoms with Crippen LogP contribution in [-0.2, 0) is 5.41 Å². The summed E-state index contributed by atoms with van der Waals surface area (Å²) in [5.41, 5.74) is 0.782. The Morgan fingerprint density at radius 1 is 1.09 bits per heavy atom. The molecule has 2 aromatic heterocycles. The first kappa shape index (κ1) is 14.2. The van der Waals surface area contributed by atoms with Gasteiger partial charge in [0.2, 0.25) is 0 Å². The number of nitriles is 1. The number of aromatic nitrogens is 1. The van der Waals surface area contributed by atoms with Crippen LogP contribution >= 0.6 is 11.3 Å². The van der Waals surface area contributed by atoms with Crippen LogP contribution in [0.1, 0.15) is 18.4 Å². The van der Waals surface area contributed by atoms with Gasteiger partial charge in [0, 0.05) is 29.4 Å². The van der Waals surface area contributed by atoms with Crippen LogP contribution in [0.15, 0.2) is 54.0 Å². The van der Waals surface area contributed by atoms with E-state index >= 15 is 0 Å². The molecule has 0 amide bonds. The predicted molar refractivity (Wildman–Crippen MR) is 94.8 cm³/mol. The van der Waals surface area contributed by atoms with Gasteiger partial charge in [0.05, 0.1) is 11.5 Å². The van der Waals surface area contributed by atoms with E-state index in [1.54, 1.807) is 11.3 Å². The van der Waals surface area contributed by atoms with E-state index in [0.29, 0.717) is 0 Å². The lowest BCUT2D eigenvalue weighted by atomic mass is 9.74. The van der Waals surface area contributed by atoms with Crippen molar-refractivity contribution in [3.05, 3.63) is 59.6 Å². The van der Waals surface area contributed by atoms with Gasteiger partial charge in [0.1, 0.15) is 5.82 Å². The quantitative estimate of drug-likeness (QED) is 0.704. The highest BCUT2D eigenvalue weighted by Crippen LogP contribution is 2.37. The van der Waals surface area contributed by atoms with Crippen LogP contribution in [0.3, 0.4) is 0 Å². The molecule has 23 heavy (non-hydrogen) atoms. The molecule has 4 heteroatoms.